The largest absolute Gasteiger partial charge is 0.329 e. The summed E-state index contributed by atoms with van der Waals surface area (Å²) in [7, 11) is 0. The minimum absolute atomic E-state index is 0.269. The van der Waals surface area contributed by atoms with Gasteiger partial charge >= 0.3 is 0 Å². The number of nitrogens with zero attached hydrogens (tertiary/aromatic N) is 2. The Morgan fingerprint density at radius 3 is 3.00 bits per heavy atom. The quantitative estimate of drug-likeness (QED) is 0.657. The molecule has 1 aromatic heterocycles. The summed E-state index contributed by atoms with van der Waals surface area (Å²) in [4.78, 5) is 8.58. The lowest BCUT2D eigenvalue weighted by Gasteiger charge is -2.30. The van der Waals surface area contributed by atoms with Crippen LogP contribution in [0.5, 0.6) is 0 Å². The third-order valence-electron chi connectivity index (χ3n) is 2.88. The van der Waals surface area contributed by atoms with Gasteiger partial charge in [0.05, 0.1) is 6.04 Å². The number of nitrogens with two attached hydrogens (primary N) is 1. The lowest BCUT2D eigenvalue weighted by molar-refractivity contribution is 0.317. The van der Waals surface area contributed by atoms with Crippen LogP contribution >= 0.6 is 0 Å². The molecule has 2 unspecified atom stereocenters. The van der Waals surface area contributed by atoms with E-state index in [-0.39, 0.29) is 6.04 Å². The fraction of sp³-hybridized carbons (Fsp3) is 0.636. The fourth-order valence-corrected chi connectivity index (χ4v) is 2.08. The molecule has 16 heavy (non-hydrogen) atoms. The maximum absolute atomic E-state index is 5.49. The molecule has 5 nitrogen and oxygen atoms in total. The van der Waals surface area contributed by atoms with Gasteiger partial charge in [-0.25, -0.2) is 9.97 Å². The van der Waals surface area contributed by atoms with Crippen molar-refractivity contribution in [3.8, 4) is 0 Å². The Balaban J connectivity index is 1.91. The second-order valence-electron chi connectivity index (χ2n) is 4.08. The van der Waals surface area contributed by atoms with E-state index < -0.39 is 0 Å². The van der Waals surface area contributed by atoms with Gasteiger partial charge in [-0.05, 0) is 25.5 Å². The highest BCUT2D eigenvalue weighted by Crippen LogP contribution is 2.19. The Morgan fingerprint density at radius 1 is 1.44 bits per heavy atom. The predicted octanol–water partition coefficient (Wildman–Crippen LogP) is -0.182. The van der Waals surface area contributed by atoms with Crippen molar-refractivity contribution in [2.24, 2.45) is 5.73 Å². The van der Waals surface area contributed by atoms with Gasteiger partial charge in [-0.1, -0.05) is 0 Å². The molecule has 0 amide bonds. The molecule has 1 fully saturated rings. The molecule has 2 atom stereocenters. The molecular formula is C11H19N5. The molecule has 1 saturated heterocycles. The smallest absolute Gasteiger partial charge is 0.145 e. The molecule has 0 aromatic carbocycles. The normalized spacial score (nSPS) is 25.6. The van der Waals surface area contributed by atoms with E-state index in [2.05, 4.69) is 20.6 Å². The maximum Gasteiger partial charge on any atom is 0.145 e. The number of piperidine rings is 1. The van der Waals surface area contributed by atoms with E-state index in [4.69, 9.17) is 5.73 Å². The second kappa shape index (κ2) is 5.89. The van der Waals surface area contributed by atoms with Gasteiger partial charge in [0.1, 0.15) is 5.82 Å². The second-order valence-corrected chi connectivity index (χ2v) is 4.08. The Labute approximate surface area is 95.9 Å². The molecule has 5 heteroatoms. The zero-order valence-corrected chi connectivity index (χ0v) is 9.39. The van der Waals surface area contributed by atoms with Crippen molar-refractivity contribution in [1.82, 2.24) is 20.6 Å². The minimum Gasteiger partial charge on any atom is -0.329 e. The molecule has 1 aliphatic heterocycles. The van der Waals surface area contributed by atoms with Gasteiger partial charge in [0.15, 0.2) is 0 Å². The summed E-state index contributed by atoms with van der Waals surface area (Å²) in [6, 6.07) is 2.64. The standard InChI is InChI=1S/C11H19N5/c12-3-7-13-9-2-6-14-10(8-9)11-15-4-1-5-16-11/h1,4-5,9-10,13-14H,2-3,6-8,12H2. The summed E-state index contributed by atoms with van der Waals surface area (Å²) >= 11 is 0. The van der Waals surface area contributed by atoms with Crippen LogP contribution in [0.1, 0.15) is 24.7 Å². The molecule has 0 spiro atoms. The molecule has 0 aliphatic carbocycles. The van der Waals surface area contributed by atoms with Crippen LogP contribution in [0.15, 0.2) is 18.5 Å². The molecule has 0 saturated carbocycles. The van der Waals surface area contributed by atoms with Crippen molar-refractivity contribution in [3.05, 3.63) is 24.3 Å². The van der Waals surface area contributed by atoms with Gasteiger partial charge in [0.25, 0.3) is 0 Å². The molecule has 1 aliphatic rings. The third-order valence-corrected chi connectivity index (χ3v) is 2.88. The average Bonchev–Trinajstić information content (AvgIpc) is 2.38. The summed E-state index contributed by atoms with van der Waals surface area (Å²) in [5.74, 6) is 0.891. The number of hydrogen-bond donors (Lipinski definition) is 3. The van der Waals surface area contributed by atoms with E-state index in [0.29, 0.717) is 12.6 Å². The van der Waals surface area contributed by atoms with Crippen molar-refractivity contribution in [2.75, 3.05) is 19.6 Å². The first-order valence-electron chi connectivity index (χ1n) is 5.84. The third kappa shape index (κ3) is 2.98. The molecule has 2 heterocycles. The monoisotopic (exact) mass is 221 g/mol. The fourth-order valence-electron chi connectivity index (χ4n) is 2.08. The number of nitrogens with one attached hydrogen (secondary N) is 2. The van der Waals surface area contributed by atoms with Crippen LogP contribution in [0.2, 0.25) is 0 Å². The first kappa shape index (κ1) is 11.4. The summed E-state index contributed by atoms with van der Waals surface area (Å²) < 4.78 is 0. The molecule has 1 aromatic rings. The summed E-state index contributed by atoms with van der Waals surface area (Å²) in [6.07, 6.45) is 5.76. The topological polar surface area (TPSA) is 75.9 Å². The van der Waals surface area contributed by atoms with Crippen molar-refractivity contribution in [1.29, 1.82) is 0 Å². The summed E-state index contributed by atoms with van der Waals surface area (Å²) in [6.45, 7) is 2.58. The lowest BCUT2D eigenvalue weighted by Crippen LogP contribution is -2.43. The molecule has 4 N–H and O–H groups in total. The van der Waals surface area contributed by atoms with Gasteiger partial charge in [-0.15, -0.1) is 0 Å². The minimum atomic E-state index is 0.269. The van der Waals surface area contributed by atoms with E-state index in [0.717, 1.165) is 31.8 Å². The molecule has 88 valence electrons. The number of hydrogen-bond acceptors (Lipinski definition) is 5. The summed E-state index contributed by atoms with van der Waals surface area (Å²) in [5.41, 5.74) is 5.49. The van der Waals surface area contributed by atoms with Crippen LogP contribution in [-0.4, -0.2) is 35.6 Å². The van der Waals surface area contributed by atoms with Crippen LogP contribution in [0.25, 0.3) is 0 Å². The van der Waals surface area contributed by atoms with Crippen LogP contribution in [0, 0.1) is 0 Å². The molecular weight excluding hydrogens is 202 g/mol. The first-order chi connectivity index (χ1) is 7.90. The SMILES string of the molecule is NCCNC1CCNC(c2ncccn2)C1. The number of rotatable bonds is 4. The Morgan fingerprint density at radius 2 is 2.25 bits per heavy atom. The van der Waals surface area contributed by atoms with Crippen LogP contribution in [-0.2, 0) is 0 Å². The van der Waals surface area contributed by atoms with Crippen molar-refractivity contribution < 1.29 is 0 Å². The van der Waals surface area contributed by atoms with E-state index in [1.165, 1.54) is 0 Å². The van der Waals surface area contributed by atoms with Gasteiger partial charge in [0, 0.05) is 31.5 Å². The molecule has 2 rings (SSSR count). The van der Waals surface area contributed by atoms with Crippen molar-refractivity contribution in [2.45, 2.75) is 24.9 Å². The van der Waals surface area contributed by atoms with Crippen LogP contribution < -0.4 is 16.4 Å². The van der Waals surface area contributed by atoms with E-state index in [9.17, 15) is 0 Å². The lowest BCUT2D eigenvalue weighted by atomic mass is 9.99. The van der Waals surface area contributed by atoms with E-state index in [1.807, 2.05) is 6.07 Å². The number of aromatic nitrogens is 2. The maximum atomic E-state index is 5.49. The first-order valence-corrected chi connectivity index (χ1v) is 5.84. The van der Waals surface area contributed by atoms with Crippen LogP contribution in [0.4, 0.5) is 0 Å². The van der Waals surface area contributed by atoms with Gasteiger partial charge in [0.2, 0.25) is 0 Å². The zero-order valence-electron chi connectivity index (χ0n) is 9.39. The Bertz CT molecular complexity index is 303. The predicted molar refractivity (Wildman–Crippen MR) is 62.9 cm³/mol. The Hall–Kier alpha value is -1.04. The average molecular weight is 221 g/mol. The van der Waals surface area contributed by atoms with Gasteiger partial charge in [-0.2, -0.15) is 0 Å². The molecule has 0 radical (unpaired) electrons. The summed E-state index contributed by atoms with van der Waals surface area (Å²) in [5, 5.41) is 6.90. The molecule has 0 bridgehead atoms. The van der Waals surface area contributed by atoms with Crippen molar-refractivity contribution in [3.63, 3.8) is 0 Å². The zero-order chi connectivity index (χ0) is 11.2. The van der Waals surface area contributed by atoms with Crippen molar-refractivity contribution >= 4 is 0 Å². The Kier molecular flexibility index (Phi) is 4.21. The highest BCUT2D eigenvalue weighted by molar-refractivity contribution is 4.99. The van der Waals surface area contributed by atoms with Gasteiger partial charge in [-0.3, -0.25) is 0 Å². The van der Waals surface area contributed by atoms with E-state index >= 15 is 0 Å². The van der Waals surface area contributed by atoms with Crippen LogP contribution in [0.3, 0.4) is 0 Å². The highest BCUT2D eigenvalue weighted by Gasteiger charge is 2.23. The van der Waals surface area contributed by atoms with E-state index in [1.54, 1.807) is 12.4 Å². The highest BCUT2D eigenvalue weighted by atomic mass is 15.0. The van der Waals surface area contributed by atoms with Gasteiger partial charge < -0.3 is 16.4 Å².